The van der Waals surface area contributed by atoms with E-state index in [0.29, 0.717) is 0 Å². The summed E-state index contributed by atoms with van der Waals surface area (Å²) in [5, 5.41) is 11.8. The Morgan fingerprint density at radius 3 is 2.13 bits per heavy atom. The molecule has 0 aromatic heterocycles. The van der Waals surface area contributed by atoms with Crippen LogP contribution in [0.2, 0.25) is 0 Å². The van der Waals surface area contributed by atoms with Crippen LogP contribution in [-0.2, 0) is 15.0 Å². The fourth-order valence-corrected chi connectivity index (χ4v) is 3.40. The van der Waals surface area contributed by atoms with Gasteiger partial charge >= 0.3 is 0 Å². The number of hydrogen-bond acceptors (Lipinski definition) is 3. The second-order valence-corrected chi connectivity index (χ2v) is 9.71. The van der Waals surface area contributed by atoms with Gasteiger partial charge in [-0.3, -0.25) is 9.59 Å². The molecule has 2 atom stereocenters. The van der Waals surface area contributed by atoms with Crippen molar-refractivity contribution < 1.29 is 9.59 Å². The van der Waals surface area contributed by atoms with Crippen molar-refractivity contribution in [2.75, 3.05) is 7.05 Å². The highest BCUT2D eigenvalue weighted by atomic mass is 16.2. The first-order valence-electron chi connectivity index (χ1n) is 10.4. The van der Waals surface area contributed by atoms with E-state index >= 15 is 0 Å². The first-order chi connectivity index (χ1) is 13.8. The molecule has 0 fully saturated rings. The predicted molar refractivity (Wildman–Crippen MR) is 121 cm³/mol. The molecule has 0 heterocycles. The lowest BCUT2D eigenvalue weighted by atomic mass is 9.80. The lowest BCUT2D eigenvalue weighted by molar-refractivity contribution is -0.139. The van der Waals surface area contributed by atoms with E-state index in [0.717, 1.165) is 5.56 Å². The molecule has 0 saturated carbocycles. The third-order valence-electron chi connectivity index (χ3n) is 5.26. The number of carbonyl (C=O) groups excluding carboxylic acids is 2. The minimum atomic E-state index is -0.699. The van der Waals surface area contributed by atoms with Crippen LogP contribution in [0.1, 0.15) is 54.0 Å². The van der Waals surface area contributed by atoms with Crippen molar-refractivity contribution in [3.8, 4) is 6.07 Å². The molecule has 0 unspecified atom stereocenters. The van der Waals surface area contributed by atoms with Crippen molar-refractivity contribution in [2.45, 2.75) is 66.0 Å². The number of carbonyl (C=O) groups is 2. The van der Waals surface area contributed by atoms with Gasteiger partial charge in [0.2, 0.25) is 11.8 Å². The summed E-state index contributed by atoms with van der Waals surface area (Å²) < 4.78 is 0. The highest BCUT2D eigenvalue weighted by Crippen LogP contribution is 2.27. The summed E-state index contributed by atoms with van der Waals surface area (Å²) in [4.78, 5) is 27.9. The van der Waals surface area contributed by atoms with Gasteiger partial charge in [-0.2, -0.15) is 5.26 Å². The van der Waals surface area contributed by atoms with E-state index in [1.807, 2.05) is 84.9 Å². The summed E-state index contributed by atoms with van der Waals surface area (Å²) >= 11 is 0. The molecule has 0 aliphatic heterocycles. The number of nitriles is 1. The maximum Gasteiger partial charge on any atom is 0.245 e. The van der Waals surface area contributed by atoms with Crippen LogP contribution in [-0.4, -0.2) is 35.8 Å². The Morgan fingerprint density at radius 2 is 1.67 bits per heavy atom. The normalized spacial score (nSPS) is 14.3. The van der Waals surface area contributed by atoms with Gasteiger partial charge in [0.25, 0.3) is 0 Å². The van der Waals surface area contributed by atoms with Gasteiger partial charge in [-0.05, 0) is 16.9 Å². The zero-order chi connectivity index (χ0) is 23.1. The third kappa shape index (κ3) is 7.02. The molecule has 1 radical (unpaired) electrons. The maximum absolute atomic E-state index is 13.4. The smallest absolute Gasteiger partial charge is 0.245 e. The fourth-order valence-electron chi connectivity index (χ4n) is 3.40. The van der Waals surface area contributed by atoms with E-state index in [-0.39, 0.29) is 23.8 Å². The largest absolute Gasteiger partial charge is 0.344 e. The molecule has 1 N–H and O–H groups in total. The Balaban J connectivity index is 3.04. The molecule has 0 bridgehead atoms. The number of nitrogens with one attached hydrogen (secondary N) is 1. The van der Waals surface area contributed by atoms with E-state index in [2.05, 4.69) is 5.32 Å². The molecule has 163 valence electrons. The molecule has 5 nitrogen and oxygen atoms in total. The second kappa shape index (κ2) is 10.4. The number of amides is 2. The van der Waals surface area contributed by atoms with Crippen LogP contribution in [0.4, 0.5) is 0 Å². The van der Waals surface area contributed by atoms with Crippen LogP contribution in [0.5, 0.6) is 0 Å². The lowest BCUT2D eigenvalue weighted by Gasteiger charge is -2.37. The van der Waals surface area contributed by atoms with E-state index in [4.69, 9.17) is 5.26 Å². The summed E-state index contributed by atoms with van der Waals surface area (Å²) in [6.45, 7) is 13.7. The average molecular weight is 411 g/mol. The third-order valence-corrected chi connectivity index (χ3v) is 5.26. The maximum atomic E-state index is 13.4. The van der Waals surface area contributed by atoms with Crippen molar-refractivity contribution >= 4 is 11.8 Å². The van der Waals surface area contributed by atoms with Gasteiger partial charge in [-0.15, -0.1) is 0 Å². The fraction of sp³-hybridized carbons (Fsp3) is 0.520. The standard InChI is InChI=1S/C25H36N3O2/c1-18(2)20(15-12-16-26)28(8)23(30)22(24(3,4)5)27-21(29)17-25(6,7)19-13-10-9-11-14-19/h9-15,17-18,20,22H,1-8H3,(H,27,29)/b15-12+/t20-,22-/m1/s1. The van der Waals surface area contributed by atoms with Gasteiger partial charge in [-0.25, -0.2) is 0 Å². The van der Waals surface area contributed by atoms with Gasteiger partial charge in [0.1, 0.15) is 6.04 Å². The van der Waals surface area contributed by atoms with Crippen LogP contribution in [0.25, 0.3) is 0 Å². The molecule has 2 amide bonds. The number of hydrogen-bond donors (Lipinski definition) is 1. The first-order valence-corrected chi connectivity index (χ1v) is 10.4. The summed E-state index contributed by atoms with van der Waals surface area (Å²) in [5.41, 5.74) is 0.0719. The monoisotopic (exact) mass is 410 g/mol. The average Bonchev–Trinajstić information content (AvgIpc) is 2.65. The summed E-state index contributed by atoms with van der Waals surface area (Å²) in [5.74, 6) is -0.328. The number of rotatable bonds is 8. The zero-order valence-electron chi connectivity index (χ0n) is 19.6. The number of allylic oxidation sites excluding steroid dienone is 1. The number of benzene rings is 1. The predicted octanol–water partition coefficient (Wildman–Crippen LogP) is 4.26. The Morgan fingerprint density at radius 1 is 1.10 bits per heavy atom. The molecule has 0 aliphatic carbocycles. The van der Waals surface area contributed by atoms with Crippen LogP contribution < -0.4 is 5.32 Å². The minimum absolute atomic E-state index is 0.128. The Bertz CT molecular complexity index is 783. The molecule has 5 heteroatoms. The number of nitrogens with zero attached hydrogens (tertiary/aromatic N) is 2. The SMILES string of the molecule is CC(C)[C@@H](/C=C/C#N)N(C)C(=O)[C@@H](NC(=O)[CH]C(C)(C)c1ccccc1)C(C)(C)C. The summed E-state index contributed by atoms with van der Waals surface area (Å²) in [7, 11) is 1.72. The zero-order valence-corrected chi connectivity index (χ0v) is 19.6. The van der Waals surface area contributed by atoms with Gasteiger partial charge < -0.3 is 10.2 Å². The van der Waals surface area contributed by atoms with Crippen molar-refractivity contribution in [3.05, 3.63) is 54.5 Å². The summed E-state index contributed by atoms with van der Waals surface area (Å²) in [6, 6.07) is 10.9. The van der Waals surface area contributed by atoms with Crippen molar-refractivity contribution in [1.82, 2.24) is 10.2 Å². The van der Waals surface area contributed by atoms with Crippen molar-refractivity contribution in [1.29, 1.82) is 5.26 Å². The van der Waals surface area contributed by atoms with Crippen LogP contribution in [0.15, 0.2) is 42.5 Å². The first kappa shape index (κ1) is 25.4. The Labute approximate surface area is 182 Å². The summed E-state index contributed by atoms with van der Waals surface area (Å²) in [6.07, 6.45) is 4.76. The van der Waals surface area contributed by atoms with Gasteiger partial charge in [-0.1, -0.05) is 84.9 Å². The molecule has 0 spiro atoms. The lowest BCUT2D eigenvalue weighted by Crippen LogP contribution is -2.56. The molecular formula is C25H36N3O2. The van der Waals surface area contributed by atoms with E-state index in [9.17, 15) is 9.59 Å². The molecule has 1 aromatic carbocycles. The topological polar surface area (TPSA) is 73.2 Å². The van der Waals surface area contributed by atoms with Gasteiger partial charge in [0.05, 0.1) is 18.5 Å². The highest BCUT2D eigenvalue weighted by molar-refractivity contribution is 5.93. The van der Waals surface area contributed by atoms with Crippen molar-refractivity contribution in [3.63, 3.8) is 0 Å². The highest BCUT2D eigenvalue weighted by Gasteiger charge is 2.37. The molecule has 30 heavy (non-hydrogen) atoms. The minimum Gasteiger partial charge on any atom is -0.344 e. The molecule has 1 aromatic rings. The van der Waals surface area contributed by atoms with Crippen molar-refractivity contribution in [2.24, 2.45) is 11.3 Å². The molecule has 0 aliphatic rings. The van der Waals surface area contributed by atoms with E-state index in [1.54, 1.807) is 24.4 Å². The molecule has 1 rings (SSSR count). The van der Waals surface area contributed by atoms with Gasteiger partial charge in [0, 0.05) is 18.5 Å². The Kier molecular flexibility index (Phi) is 8.84. The van der Waals surface area contributed by atoms with Crippen LogP contribution in [0.3, 0.4) is 0 Å². The van der Waals surface area contributed by atoms with Crippen LogP contribution >= 0.6 is 0 Å². The van der Waals surface area contributed by atoms with E-state index < -0.39 is 16.9 Å². The number of likely N-dealkylation sites (N-methyl/N-ethyl adjacent to an activating group) is 1. The van der Waals surface area contributed by atoms with Gasteiger partial charge in [0.15, 0.2) is 0 Å². The second-order valence-electron chi connectivity index (χ2n) is 9.71. The molecule has 0 saturated heterocycles. The van der Waals surface area contributed by atoms with E-state index in [1.165, 1.54) is 6.08 Å². The molecular weight excluding hydrogens is 374 g/mol. The Hall–Kier alpha value is -2.61. The van der Waals surface area contributed by atoms with Crippen LogP contribution in [0, 0.1) is 29.1 Å². The quantitative estimate of drug-likeness (QED) is 0.651.